The van der Waals surface area contributed by atoms with E-state index in [1.165, 1.54) is 23.3 Å². The first kappa shape index (κ1) is 21.3. The Labute approximate surface area is 175 Å². The summed E-state index contributed by atoms with van der Waals surface area (Å²) in [6.07, 6.45) is 0. The summed E-state index contributed by atoms with van der Waals surface area (Å²) >= 11 is 1.64. The van der Waals surface area contributed by atoms with Crippen molar-refractivity contribution in [3.63, 3.8) is 0 Å². The number of thioether (sulfide) groups is 1. The van der Waals surface area contributed by atoms with Gasteiger partial charge >= 0.3 is 0 Å². The summed E-state index contributed by atoms with van der Waals surface area (Å²) in [5.74, 6) is 1.05. The maximum absolute atomic E-state index is 12.9. The first-order valence-electron chi connectivity index (χ1n) is 9.79. The normalized spacial score (nSPS) is 14.6. The molecule has 0 bridgehead atoms. The van der Waals surface area contributed by atoms with Crippen LogP contribution in [0.3, 0.4) is 0 Å². The molecule has 3 rings (SSSR count). The van der Waals surface area contributed by atoms with E-state index in [1.54, 1.807) is 23.9 Å². The van der Waals surface area contributed by atoms with E-state index >= 15 is 0 Å². The van der Waals surface area contributed by atoms with Gasteiger partial charge in [0.1, 0.15) is 5.82 Å². The number of nitrogens with zero attached hydrogens (tertiary/aromatic N) is 1. The average molecular weight is 417 g/mol. The summed E-state index contributed by atoms with van der Waals surface area (Å²) in [6.45, 7) is 5.26. The molecule has 7 heteroatoms. The molecule has 0 spiro atoms. The molecule has 0 atom stereocenters. The van der Waals surface area contributed by atoms with E-state index in [2.05, 4.69) is 36.5 Å². The van der Waals surface area contributed by atoms with Crippen LogP contribution < -0.4 is 10.2 Å². The number of carbonyl (C=O) groups excluding carboxylic acids is 2. The maximum atomic E-state index is 12.9. The molecular weight excluding hydrogens is 389 g/mol. The van der Waals surface area contributed by atoms with Crippen molar-refractivity contribution in [2.24, 2.45) is 0 Å². The molecule has 0 aromatic heterocycles. The maximum Gasteiger partial charge on any atom is 0.279 e. The van der Waals surface area contributed by atoms with E-state index in [4.69, 9.17) is 0 Å². The van der Waals surface area contributed by atoms with Crippen molar-refractivity contribution in [1.82, 2.24) is 4.90 Å². The molecule has 29 heavy (non-hydrogen) atoms. The highest BCUT2D eigenvalue weighted by atomic mass is 32.2. The van der Waals surface area contributed by atoms with Crippen molar-refractivity contribution in [2.75, 3.05) is 43.8 Å². The highest BCUT2D eigenvalue weighted by Crippen LogP contribution is 2.13. The van der Waals surface area contributed by atoms with Crippen LogP contribution in [0.25, 0.3) is 0 Å². The van der Waals surface area contributed by atoms with Crippen molar-refractivity contribution in [3.05, 3.63) is 65.5 Å². The lowest BCUT2D eigenvalue weighted by molar-refractivity contribution is -0.895. The summed E-state index contributed by atoms with van der Waals surface area (Å²) in [5, 5.41) is 2.79. The molecular formula is C22H27FN3O2S+. The number of piperazine rings is 1. The largest absolute Gasteiger partial charge is 0.331 e. The molecule has 0 unspecified atom stereocenters. The third kappa shape index (κ3) is 6.87. The van der Waals surface area contributed by atoms with Crippen molar-refractivity contribution >= 4 is 29.3 Å². The molecule has 1 fully saturated rings. The Hall–Kier alpha value is -2.38. The number of carbonyl (C=O) groups is 2. The predicted molar refractivity (Wildman–Crippen MR) is 115 cm³/mol. The Balaban J connectivity index is 1.34. The fourth-order valence-corrected chi connectivity index (χ4v) is 4.13. The Morgan fingerprint density at radius 1 is 1.07 bits per heavy atom. The quantitative estimate of drug-likeness (QED) is 0.723. The Bertz CT molecular complexity index is 819. The van der Waals surface area contributed by atoms with Gasteiger partial charge in [0, 0.05) is 11.4 Å². The van der Waals surface area contributed by atoms with Crippen molar-refractivity contribution in [2.45, 2.75) is 12.7 Å². The van der Waals surface area contributed by atoms with E-state index in [0.717, 1.165) is 23.7 Å². The molecule has 154 valence electrons. The minimum atomic E-state index is -0.327. The van der Waals surface area contributed by atoms with Gasteiger partial charge in [0.25, 0.3) is 5.91 Å². The van der Waals surface area contributed by atoms with Gasteiger partial charge < -0.3 is 15.1 Å². The number of quaternary nitrogens is 1. The van der Waals surface area contributed by atoms with Crippen LogP contribution in [0.15, 0.2) is 48.5 Å². The molecule has 2 N–H and O–H groups in total. The monoisotopic (exact) mass is 416 g/mol. The number of aryl methyl sites for hydroxylation is 1. The van der Waals surface area contributed by atoms with Gasteiger partial charge in [-0.3, -0.25) is 9.59 Å². The Morgan fingerprint density at radius 2 is 1.72 bits per heavy atom. The SMILES string of the molecule is Cc1ccc(CSCC(=O)N2CC[NH+](CC(=O)Nc3ccc(F)cc3)CC2)cc1. The summed E-state index contributed by atoms with van der Waals surface area (Å²) in [4.78, 5) is 27.6. The molecule has 2 aromatic carbocycles. The number of benzene rings is 2. The zero-order chi connectivity index (χ0) is 20.6. The molecule has 0 radical (unpaired) electrons. The smallest absolute Gasteiger partial charge is 0.279 e. The highest BCUT2D eigenvalue weighted by Gasteiger charge is 2.25. The summed E-state index contributed by atoms with van der Waals surface area (Å²) in [5.41, 5.74) is 3.06. The Morgan fingerprint density at radius 3 is 2.38 bits per heavy atom. The fraction of sp³-hybridized carbons (Fsp3) is 0.364. The average Bonchev–Trinajstić information content (AvgIpc) is 2.71. The zero-order valence-electron chi connectivity index (χ0n) is 16.6. The van der Waals surface area contributed by atoms with Gasteiger partial charge in [-0.2, -0.15) is 0 Å². The van der Waals surface area contributed by atoms with E-state index in [1.807, 2.05) is 4.90 Å². The number of hydrogen-bond donors (Lipinski definition) is 2. The third-order valence-corrected chi connectivity index (χ3v) is 5.97. The second-order valence-electron chi connectivity index (χ2n) is 7.34. The van der Waals surface area contributed by atoms with Crippen LogP contribution >= 0.6 is 11.8 Å². The minimum absolute atomic E-state index is 0.0972. The summed E-state index contributed by atoms with van der Waals surface area (Å²) in [6, 6.07) is 14.1. The second-order valence-corrected chi connectivity index (χ2v) is 8.33. The van der Waals surface area contributed by atoms with Gasteiger partial charge in [0.05, 0.1) is 31.9 Å². The van der Waals surface area contributed by atoms with Crippen LogP contribution in [-0.4, -0.2) is 55.2 Å². The number of anilines is 1. The Kier molecular flexibility index (Phi) is 7.66. The molecule has 1 aliphatic heterocycles. The van der Waals surface area contributed by atoms with Crippen LogP contribution in [-0.2, 0) is 15.3 Å². The standard InChI is InChI=1S/C22H26FN3O2S/c1-17-2-4-18(5-3-17)15-29-16-22(28)26-12-10-25(11-13-26)14-21(27)24-20-8-6-19(23)7-9-20/h2-9H,10-16H2,1H3,(H,24,27)/p+1. The molecule has 2 aromatic rings. The van der Waals surface area contributed by atoms with Crippen LogP contribution in [0.5, 0.6) is 0 Å². The van der Waals surface area contributed by atoms with Crippen LogP contribution in [0, 0.1) is 12.7 Å². The molecule has 5 nitrogen and oxygen atoms in total. The molecule has 1 aliphatic rings. The van der Waals surface area contributed by atoms with E-state index < -0.39 is 0 Å². The first-order valence-corrected chi connectivity index (χ1v) is 10.9. The van der Waals surface area contributed by atoms with Gasteiger partial charge in [0.15, 0.2) is 6.54 Å². The van der Waals surface area contributed by atoms with Gasteiger partial charge in [-0.25, -0.2) is 4.39 Å². The fourth-order valence-electron chi connectivity index (χ4n) is 3.25. The van der Waals surface area contributed by atoms with Crippen LogP contribution in [0.2, 0.25) is 0 Å². The minimum Gasteiger partial charge on any atom is -0.331 e. The number of amides is 2. The lowest BCUT2D eigenvalue weighted by atomic mass is 10.2. The second kappa shape index (κ2) is 10.4. The van der Waals surface area contributed by atoms with Crippen molar-refractivity contribution < 1.29 is 18.9 Å². The molecule has 1 saturated heterocycles. The van der Waals surface area contributed by atoms with E-state index in [9.17, 15) is 14.0 Å². The third-order valence-electron chi connectivity index (χ3n) is 4.98. The summed E-state index contributed by atoms with van der Waals surface area (Å²) in [7, 11) is 0. The van der Waals surface area contributed by atoms with Gasteiger partial charge in [-0.1, -0.05) is 29.8 Å². The van der Waals surface area contributed by atoms with E-state index in [0.29, 0.717) is 31.1 Å². The van der Waals surface area contributed by atoms with Crippen molar-refractivity contribution in [1.29, 1.82) is 0 Å². The number of nitrogens with one attached hydrogen (secondary N) is 2. The molecule has 2 amide bonds. The van der Waals surface area contributed by atoms with Crippen molar-refractivity contribution in [3.8, 4) is 0 Å². The van der Waals surface area contributed by atoms with Crippen LogP contribution in [0.1, 0.15) is 11.1 Å². The number of rotatable bonds is 7. The van der Waals surface area contributed by atoms with Gasteiger partial charge in [0.2, 0.25) is 5.91 Å². The molecule has 0 saturated carbocycles. The van der Waals surface area contributed by atoms with Gasteiger partial charge in [-0.05, 0) is 36.8 Å². The summed E-state index contributed by atoms with van der Waals surface area (Å²) < 4.78 is 12.9. The molecule has 1 heterocycles. The predicted octanol–water partition coefficient (Wildman–Crippen LogP) is 1.73. The lowest BCUT2D eigenvalue weighted by Gasteiger charge is -2.31. The number of halogens is 1. The topological polar surface area (TPSA) is 53.9 Å². The lowest BCUT2D eigenvalue weighted by Crippen LogP contribution is -3.15. The first-order chi connectivity index (χ1) is 14.0. The molecule has 0 aliphatic carbocycles. The van der Waals surface area contributed by atoms with E-state index in [-0.39, 0.29) is 17.6 Å². The number of hydrogen-bond acceptors (Lipinski definition) is 3. The highest BCUT2D eigenvalue weighted by molar-refractivity contribution is 7.99. The van der Waals surface area contributed by atoms with Crippen LogP contribution in [0.4, 0.5) is 10.1 Å². The van der Waals surface area contributed by atoms with Gasteiger partial charge in [-0.15, -0.1) is 11.8 Å². The zero-order valence-corrected chi connectivity index (χ0v) is 17.4.